The van der Waals surface area contributed by atoms with Crippen LogP contribution in [-0.4, -0.2) is 82.8 Å². The highest BCUT2D eigenvalue weighted by Crippen LogP contribution is 2.33. The van der Waals surface area contributed by atoms with Crippen LogP contribution in [0, 0.1) is 0 Å². The van der Waals surface area contributed by atoms with Gasteiger partial charge in [0.2, 0.25) is 17.7 Å². The highest BCUT2D eigenvalue weighted by molar-refractivity contribution is 6.42. The number of hydrogen-bond acceptors (Lipinski definition) is 8. The first-order valence-electron chi connectivity index (χ1n) is 20.6. The van der Waals surface area contributed by atoms with Crippen LogP contribution >= 0.6 is 46.4 Å². The van der Waals surface area contributed by atoms with Gasteiger partial charge in [-0.15, -0.1) is 0 Å². The molecule has 3 aliphatic rings. The zero-order chi connectivity index (χ0) is 45.5. The predicted molar refractivity (Wildman–Crippen MR) is 247 cm³/mol. The average Bonchev–Trinajstić information content (AvgIpc) is 3.54. The molecule has 2 saturated heterocycles. The van der Waals surface area contributed by atoms with Gasteiger partial charge in [0.1, 0.15) is 23.7 Å². The van der Waals surface area contributed by atoms with Crippen molar-refractivity contribution in [2.45, 2.75) is 57.0 Å². The number of unbranched alkanes of at least 4 members (excludes halogenated alkanes) is 2. The van der Waals surface area contributed by atoms with Crippen LogP contribution in [0.5, 0.6) is 0 Å². The summed E-state index contributed by atoms with van der Waals surface area (Å²) in [6.07, 6.45) is 5.73. The first-order chi connectivity index (χ1) is 30.8. The molecule has 7 rings (SSSR count). The van der Waals surface area contributed by atoms with Crippen molar-refractivity contribution in [3.05, 3.63) is 150 Å². The normalized spacial score (nSPS) is 17.9. The molecule has 4 aromatic rings. The number of hydrogen-bond donors (Lipinski definition) is 3. The molecule has 5 amide bonds. The van der Waals surface area contributed by atoms with E-state index in [2.05, 4.69) is 16.0 Å². The molecule has 0 saturated carbocycles. The fourth-order valence-electron chi connectivity index (χ4n) is 7.91. The summed E-state index contributed by atoms with van der Waals surface area (Å²) < 4.78 is 0. The van der Waals surface area contributed by atoms with Gasteiger partial charge >= 0.3 is 0 Å². The minimum atomic E-state index is -1.04. The number of carbonyl (C=O) groups is 6. The third kappa shape index (κ3) is 10.7. The number of likely N-dealkylation sites (tertiary alicyclic amines) is 1. The number of ketones is 1. The van der Waals surface area contributed by atoms with E-state index < -0.39 is 29.8 Å². The van der Waals surface area contributed by atoms with Crippen LogP contribution in [0.15, 0.2) is 102 Å². The van der Waals surface area contributed by atoms with Crippen LogP contribution in [0.25, 0.3) is 12.2 Å². The number of allylic oxidation sites excluding steroid dienone is 1. The SMILES string of the molecule is O=C=C1CCC(N2C(=O)c3cccc(NCCCCCC(=O)N[C@H](Cc4ccccc4)C(=O)N4C/C(=C\c5ccc(Cl)c(Cl)c5)C(=O)/C(=C/c5ccc(Cl)c(Cl)c5)C4)c3C2=O)C(=O)N1. The summed E-state index contributed by atoms with van der Waals surface area (Å²) in [4.78, 5) is 95.1. The van der Waals surface area contributed by atoms with Crippen LogP contribution in [0.3, 0.4) is 0 Å². The van der Waals surface area contributed by atoms with Gasteiger partial charge in [-0.2, -0.15) is 0 Å². The van der Waals surface area contributed by atoms with E-state index in [1.807, 2.05) is 30.3 Å². The number of nitrogens with one attached hydrogen (secondary N) is 3. The molecule has 0 bridgehead atoms. The Bertz CT molecular complexity index is 2590. The van der Waals surface area contributed by atoms with E-state index in [0.717, 1.165) is 10.5 Å². The summed E-state index contributed by atoms with van der Waals surface area (Å²) in [5.74, 6) is -1.07. The van der Waals surface area contributed by atoms with E-state index >= 15 is 0 Å². The van der Waals surface area contributed by atoms with E-state index in [1.54, 1.807) is 71.5 Å². The molecule has 328 valence electrons. The molecule has 3 aliphatic heterocycles. The average molecular weight is 942 g/mol. The largest absolute Gasteiger partial charge is 0.384 e. The Morgan fingerprint density at radius 2 is 1.44 bits per heavy atom. The number of nitrogens with zero attached hydrogens (tertiary/aromatic N) is 2. The van der Waals surface area contributed by atoms with Crippen molar-refractivity contribution >= 4 is 106 Å². The molecule has 1 unspecified atom stereocenters. The summed E-state index contributed by atoms with van der Waals surface area (Å²) >= 11 is 24.9. The lowest BCUT2D eigenvalue weighted by Gasteiger charge is -2.33. The number of halogens is 4. The summed E-state index contributed by atoms with van der Waals surface area (Å²) in [7, 11) is 0. The Balaban J connectivity index is 1.00. The molecule has 3 heterocycles. The minimum Gasteiger partial charge on any atom is -0.384 e. The molecule has 0 spiro atoms. The van der Waals surface area contributed by atoms with Gasteiger partial charge in [-0.3, -0.25) is 33.7 Å². The van der Waals surface area contributed by atoms with Crippen molar-refractivity contribution in [2.75, 3.05) is 25.0 Å². The molecule has 0 radical (unpaired) electrons. The highest BCUT2D eigenvalue weighted by atomic mass is 35.5. The van der Waals surface area contributed by atoms with Crippen molar-refractivity contribution in [2.24, 2.45) is 0 Å². The van der Waals surface area contributed by atoms with Crippen LogP contribution in [0.4, 0.5) is 5.69 Å². The van der Waals surface area contributed by atoms with E-state index in [4.69, 9.17) is 46.4 Å². The number of piperidine rings is 2. The van der Waals surface area contributed by atoms with Crippen LogP contribution < -0.4 is 16.0 Å². The molecular weight excluding hydrogens is 900 g/mol. The fourth-order valence-corrected chi connectivity index (χ4v) is 8.53. The lowest BCUT2D eigenvalue weighted by molar-refractivity contribution is -0.136. The van der Waals surface area contributed by atoms with Gasteiger partial charge in [-0.25, -0.2) is 4.79 Å². The third-order valence-electron chi connectivity index (χ3n) is 11.1. The Kier molecular flexibility index (Phi) is 14.8. The molecular formula is C48H41Cl4N5O7. The van der Waals surface area contributed by atoms with Crippen LogP contribution in [0.1, 0.15) is 75.9 Å². The Hall–Kier alpha value is -6.01. The molecule has 4 aromatic carbocycles. The zero-order valence-electron chi connectivity index (χ0n) is 34.2. The topological polar surface area (TPSA) is 162 Å². The summed E-state index contributed by atoms with van der Waals surface area (Å²) in [5.41, 5.74) is 3.64. The van der Waals surface area contributed by atoms with Gasteiger partial charge in [0.15, 0.2) is 5.78 Å². The number of rotatable bonds is 14. The number of carbonyl (C=O) groups excluding carboxylic acids is 7. The van der Waals surface area contributed by atoms with Crippen molar-refractivity contribution in [1.82, 2.24) is 20.4 Å². The number of fused-ring (bicyclic) bond motifs is 1. The number of Topliss-reactive ketones (excluding diaryl/α,β-unsaturated/α-hetero) is 1. The second-order valence-corrected chi connectivity index (χ2v) is 17.2. The molecule has 3 N–H and O–H groups in total. The van der Waals surface area contributed by atoms with Crippen molar-refractivity contribution in [3.8, 4) is 0 Å². The van der Waals surface area contributed by atoms with Crippen molar-refractivity contribution in [1.29, 1.82) is 0 Å². The van der Waals surface area contributed by atoms with Crippen LogP contribution in [-0.2, 0) is 30.4 Å². The Morgan fingerprint density at radius 1 is 0.781 bits per heavy atom. The zero-order valence-corrected chi connectivity index (χ0v) is 37.3. The molecule has 16 heteroatoms. The van der Waals surface area contributed by atoms with Gasteiger partial charge < -0.3 is 20.9 Å². The van der Waals surface area contributed by atoms with Gasteiger partial charge in [-0.05, 0) is 84.5 Å². The van der Waals surface area contributed by atoms with E-state index in [-0.39, 0.29) is 73.2 Å². The second-order valence-electron chi connectivity index (χ2n) is 15.6. The molecule has 0 aromatic heterocycles. The van der Waals surface area contributed by atoms with Gasteiger partial charge in [0.05, 0.1) is 31.2 Å². The lowest BCUT2D eigenvalue weighted by atomic mass is 9.93. The number of anilines is 1. The Morgan fingerprint density at radius 3 is 2.05 bits per heavy atom. The van der Waals surface area contributed by atoms with Gasteiger partial charge in [0.25, 0.3) is 11.8 Å². The first-order valence-corrected chi connectivity index (χ1v) is 22.1. The minimum absolute atomic E-state index is 0.0249. The monoisotopic (exact) mass is 939 g/mol. The maximum absolute atomic E-state index is 14.5. The van der Waals surface area contributed by atoms with Crippen LogP contribution in [0.2, 0.25) is 20.1 Å². The number of benzene rings is 4. The van der Waals surface area contributed by atoms with Gasteiger partial charge in [-0.1, -0.05) is 101 Å². The van der Waals surface area contributed by atoms with Crippen molar-refractivity contribution < 1.29 is 33.6 Å². The molecule has 2 fully saturated rings. The lowest BCUT2D eigenvalue weighted by Crippen LogP contribution is -2.52. The third-order valence-corrected chi connectivity index (χ3v) is 12.6. The molecule has 0 aliphatic carbocycles. The second kappa shape index (κ2) is 20.7. The number of imide groups is 1. The van der Waals surface area contributed by atoms with Crippen molar-refractivity contribution in [3.63, 3.8) is 0 Å². The summed E-state index contributed by atoms with van der Waals surface area (Å²) in [5, 5.41) is 9.95. The summed E-state index contributed by atoms with van der Waals surface area (Å²) in [6.45, 7) is 0.377. The van der Waals surface area contributed by atoms with E-state index in [0.29, 0.717) is 73.9 Å². The van der Waals surface area contributed by atoms with Gasteiger partial charge in [0, 0.05) is 55.7 Å². The standard InChI is InChI=1S/C48H41Cl4N5O7/c49-35-16-13-29(22-37(35)51)20-31-25-56(26-32(44(31)60)21-30-14-17-36(50)38(52)23-30)47(63)40(24-28-8-3-1-4-9-28)55-42(59)12-5-2-6-19-53-39-11-7-10-34-43(39)48(64)57(46(34)62)41-18-15-33(27-58)54-45(41)61/h1,3-4,7-11,13-14,16-17,20-23,40-41,53H,2,5-6,12,15,18-19,24-26H2,(H,54,61)(H,55,59)/b31-20+,32-21+/t40-,41?/m1/s1. The summed E-state index contributed by atoms with van der Waals surface area (Å²) in [6, 6.07) is 22.2. The van der Waals surface area contributed by atoms with E-state index in [1.165, 1.54) is 6.07 Å². The molecule has 12 nitrogen and oxygen atoms in total. The first kappa shape index (κ1) is 46.0. The predicted octanol–water partition coefficient (Wildman–Crippen LogP) is 8.17. The quantitative estimate of drug-likeness (QED) is 0.0494. The molecule has 64 heavy (non-hydrogen) atoms. The fraction of sp³-hybridized carbons (Fsp3) is 0.250. The molecule has 2 atom stereocenters. The smallest absolute Gasteiger partial charge is 0.264 e. The maximum Gasteiger partial charge on any atom is 0.264 e. The maximum atomic E-state index is 14.5. The number of amides is 5. The highest BCUT2D eigenvalue weighted by Gasteiger charge is 2.45. The Labute approximate surface area is 389 Å². The van der Waals surface area contributed by atoms with E-state index in [9.17, 15) is 33.6 Å².